The second kappa shape index (κ2) is 5.11. The standard InChI is InChI=1S/C13H15O4P/c1-15-12-9-8-10-6-4-5-7-11(10)13(12)18(14,16-2)17-3/h4-9H,1-3H3. The van der Waals surface area contributed by atoms with Crippen molar-refractivity contribution in [3.63, 3.8) is 0 Å². The first-order valence-corrected chi connectivity index (χ1v) is 6.98. The van der Waals surface area contributed by atoms with Crippen molar-refractivity contribution in [2.24, 2.45) is 0 Å². The number of ether oxygens (including phenoxy) is 1. The Kier molecular flexibility index (Phi) is 3.71. The van der Waals surface area contributed by atoms with Gasteiger partial charge in [-0.25, -0.2) is 0 Å². The molecule has 0 spiro atoms. The number of fused-ring (bicyclic) bond motifs is 1. The molecule has 0 aliphatic rings. The van der Waals surface area contributed by atoms with Crippen LogP contribution in [0.4, 0.5) is 0 Å². The maximum absolute atomic E-state index is 12.6. The molecule has 0 aliphatic heterocycles. The second-order valence-corrected chi connectivity index (χ2v) is 5.87. The molecule has 5 heteroatoms. The van der Waals surface area contributed by atoms with E-state index in [1.165, 1.54) is 21.3 Å². The Bertz CT molecular complexity index is 601. The molecule has 0 saturated heterocycles. The molecule has 96 valence electrons. The Hall–Kier alpha value is -1.35. The number of hydrogen-bond acceptors (Lipinski definition) is 4. The van der Waals surface area contributed by atoms with Gasteiger partial charge in [-0.15, -0.1) is 0 Å². The van der Waals surface area contributed by atoms with Crippen LogP contribution < -0.4 is 10.0 Å². The van der Waals surface area contributed by atoms with E-state index in [9.17, 15) is 4.57 Å². The topological polar surface area (TPSA) is 44.8 Å². The highest BCUT2D eigenvalue weighted by molar-refractivity contribution is 7.63. The zero-order valence-electron chi connectivity index (χ0n) is 10.5. The van der Waals surface area contributed by atoms with Gasteiger partial charge in [0.2, 0.25) is 0 Å². The summed E-state index contributed by atoms with van der Waals surface area (Å²) in [4.78, 5) is 0. The normalized spacial score (nSPS) is 11.7. The molecule has 0 amide bonds. The van der Waals surface area contributed by atoms with Crippen molar-refractivity contribution in [1.82, 2.24) is 0 Å². The first kappa shape index (κ1) is 13.1. The highest BCUT2D eigenvalue weighted by atomic mass is 31.2. The third-order valence-corrected chi connectivity index (χ3v) is 4.81. The van der Waals surface area contributed by atoms with Gasteiger partial charge in [0.1, 0.15) is 11.1 Å². The van der Waals surface area contributed by atoms with Crippen LogP contribution in [-0.4, -0.2) is 21.3 Å². The second-order valence-electron chi connectivity index (χ2n) is 3.70. The van der Waals surface area contributed by atoms with Crippen LogP contribution in [0.1, 0.15) is 0 Å². The van der Waals surface area contributed by atoms with Gasteiger partial charge in [0, 0.05) is 19.6 Å². The molecule has 2 rings (SSSR count). The molecule has 18 heavy (non-hydrogen) atoms. The average Bonchev–Trinajstić information content (AvgIpc) is 2.45. The third-order valence-electron chi connectivity index (χ3n) is 2.84. The lowest BCUT2D eigenvalue weighted by atomic mass is 10.1. The van der Waals surface area contributed by atoms with E-state index < -0.39 is 7.60 Å². The first-order chi connectivity index (χ1) is 8.66. The number of hydrogen-bond donors (Lipinski definition) is 0. The van der Waals surface area contributed by atoms with E-state index in [0.29, 0.717) is 11.1 Å². The molecule has 0 fully saturated rings. The summed E-state index contributed by atoms with van der Waals surface area (Å²) in [5.74, 6) is 0.501. The third kappa shape index (κ3) is 2.03. The zero-order chi connectivity index (χ0) is 13.2. The summed E-state index contributed by atoms with van der Waals surface area (Å²) in [6.07, 6.45) is 0. The Morgan fingerprint density at radius 3 is 2.22 bits per heavy atom. The minimum absolute atomic E-state index is 0.466. The fourth-order valence-electron chi connectivity index (χ4n) is 1.94. The minimum Gasteiger partial charge on any atom is -0.496 e. The Labute approximate surface area is 106 Å². The fourth-order valence-corrected chi connectivity index (χ4v) is 3.39. The van der Waals surface area contributed by atoms with E-state index in [0.717, 1.165) is 10.8 Å². The van der Waals surface area contributed by atoms with Crippen molar-refractivity contribution < 1.29 is 18.3 Å². The van der Waals surface area contributed by atoms with Gasteiger partial charge in [-0.1, -0.05) is 30.3 Å². The summed E-state index contributed by atoms with van der Waals surface area (Å²) in [6.45, 7) is 0. The van der Waals surface area contributed by atoms with Crippen molar-refractivity contribution in [2.75, 3.05) is 21.3 Å². The van der Waals surface area contributed by atoms with Gasteiger partial charge < -0.3 is 13.8 Å². The van der Waals surface area contributed by atoms with E-state index in [2.05, 4.69) is 0 Å². The summed E-state index contributed by atoms with van der Waals surface area (Å²) in [5.41, 5.74) is 0. The van der Waals surface area contributed by atoms with E-state index in [1.54, 1.807) is 6.07 Å². The Morgan fingerprint density at radius 1 is 0.944 bits per heavy atom. The predicted octanol–water partition coefficient (Wildman–Crippen LogP) is 2.96. The molecule has 0 unspecified atom stereocenters. The van der Waals surface area contributed by atoms with Gasteiger partial charge in [0.25, 0.3) is 0 Å². The molecule has 0 heterocycles. The van der Waals surface area contributed by atoms with Crippen LogP contribution in [0, 0.1) is 0 Å². The lowest BCUT2D eigenvalue weighted by molar-refractivity contribution is 0.286. The van der Waals surface area contributed by atoms with Crippen LogP contribution in [0.5, 0.6) is 5.75 Å². The van der Waals surface area contributed by atoms with E-state index in [4.69, 9.17) is 13.8 Å². The van der Waals surface area contributed by atoms with Crippen LogP contribution >= 0.6 is 7.60 Å². The van der Waals surface area contributed by atoms with Crippen LogP contribution in [0.25, 0.3) is 10.8 Å². The van der Waals surface area contributed by atoms with Gasteiger partial charge in [0.15, 0.2) is 0 Å². The number of benzene rings is 2. The molecule has 0 atom stereocenters. The lowest BCUT2D eigenvalue weighted by Gasteiger charge is -2.18. The molecule has 4 nitrogen and oxygen atoms in total. The smallest absolute Gasteiger partial charge is 0.365 e. The van der Waals surface area contributed by atoms with Crippen LogP contribution in [0.15, 0.2) is 36.4 Å². The maximum Gasteiger partial charge on any atom is 0.365 e. The van der Waals surface area contributed by atoms with Crippen molar-refractivity contribution >= 4 is 23.7 Å². The average molecular weight is 266 g/mol. The SMILES string of the molecule is COc1ccc2ccccc2c1P(=O)(OC)OC. The number of methoxy groups -OCH3 is 1. The van der Waals surface area contributed by atoms with Gasteiger partial charge in [0.05, 0.1) is 7.11 Å². The zero-order valence-corrected chi connectivity index (χ0v) is 11.4. The fraction of sp³-hybridized carbons (Fsp3) is 0.231. The first-order valence-electron chi connectivity index (χ1n) is 5.44. The molecule has 0 radical (unpaired) electrons. The Morgan fingerprint density at radius 2 is 1.61 bits per heavy atom. The lowest BCUT2D eigenvalue weighted by Crippen LogP contribution is -2.12. The monoisotopic (exact) mass is 266 g/mol. The Balaban J connectivity index is 2.84. The van der Waals surface area contributed by atoms with Crippen molar-refractivity contribution in [3.8, 4) is 5.75 Å². The van der Waals surface area contributed by atoms with Gasteiger partial charge in [-0.2, -0.15) is 0 Å². The molecule has 0 aromatic heterocycles. The summed E-state index contributed by atoms with van der Waals surface area (Å²) < 4.78 is 28.0. The van der Waals surface area contributed by atoms with Crippen molar-refractivity contribution in [1.29, 1.82) is 0 Å². The molecule has 2 aromatic carbocycles. The van der Waals surface area contributed by atoms with Crippen LogP contribution in [0.2, 0.25) is 0 Å². The summed E-state index contributed by atoms with van der Waals surface area (Å²) in [7, 11) is 0.906. The quantitative estimate of drug-likeness (QED) is 0.798. The predicted molar refractivity (Wildman–Crippen MR) is 71.8 cm³/mol. The van der Waals surface area contributed by atoms with Crippen molar-refractivity contribution in [2.45, 2.75) is 0 Å². The highest BCUT2D eigenvalue weighted by Gasteiger charge is 2.30. The van der Waals surface area contributed by atoms with E-state index >= 15 is 0 Å². The molecule has 0 aliphatic carbocycles. The van der Waals surface area contributed by atoms with Crippen molar-refractivity contribution in [3.05, 3.63) is 36.4 Å². The van der Waals surface area contributed by atoms with Gasteiger partial charge in [-0.05, 0) is 11.5 Å². The van der Waals surface area contributed by atoms with Gasteiger partial charge in [-0.3, -0.25) is 4.57 Å². The summed E-state index contributed by atoms with van der Waals surface area (Å²) in [5, 5.41) is 2.24. The summed E-state index contributed by atoms with van der Waals surface area (Å²) in [6, 6.07) is 11.3. The van der Waals surface area contributed by atoms with Crippen LogP contribution in [0.3, 0.4) is 0 Å². The van der Waals surface area contributed by atoms with E-state index in [1.807, 2.05) is 30.3 Å². The highest BCUT2D eigenvalue weighted by Crippen LogP contribution is 2.49. The van der Waals surface area contributed by atoms with Crippen LogP contribution in [-0.2, 0) is 13.6 Å². The number of rotatable bonds is 4. The largest absolute Gasteiger partial charge is 0.496 e. The molecule has 2 aromatic rings. The molecule has 0 saturated carbocycles. The molecule has 0 bridgehead atoms. The van der Waals surface area contributed by atoms with Gasteiger partial charge >= 0.3 is 7.60 Å². The molecular weight excluding hydrogens is 251 g/mol. The molecule has 0 N–H and O–H groups in total. The summed E-state index contributed by atoms with van der Waals surface area (Å²) >= 11 is 0. The minimum atomic E-state index is -3.36. The van der Waals surface area contributed by atoms with E-state index in [-0.39, 0.29) is 0 Å². The maximum atomic E-state index is 12.6. The molecular formula is C13H15O4P.